The summed E-state index contributed by atoms with van der Waals surface area (Å²) in [5.74, 6) is 0.661. The lowest BCUT2D eigenvalue weighted by atomic mass is 10.1. The zero-order valence-electron chi connectivity index (χ0n) is 12.3. The molecule has 2 aromatic rings. The van der Waals surface area contributed by atoms with Gasteiger partial charge in [-0.1, -0.05) is 0 Å². The monoisotopic (exact) mass is 259 g/mol. The molecule has 0 spiro atoms. The van der Waals surface area contributed by atoms with Crippen molar-refractivity contribution in [3.8, 4) is 5.95 Å². The van der Waals surface area contributed by atoms with E-state index in [-0.39, 0.29) is 0 Å². The number of aromatic nitrogens is 4. The number of likely N-dealkylation sites (N-methyl/N-ethyl adjacent to an activating group) is 1. The Bertz CT molecular complexity index is 566. The molecule has 5 heteroatoms. The zero-order valence-corrected chi connectivity index (χ0v) is 12.3. The van der Waals surface area contributed by atoms with Crippen LogP contribution in [-0.2, 0) is 6.42 Å². The lowest BCUT2D eigenvalue weighted by Crippen LogP contribution is -2.11. The maximum Gasteiger partial charge on any atom is 0.251 e. The summed E-state index contributed by atoms with van der Waals surface area (Å²) < 4.78 is 1.85. The summed E-state index contributed by atoms with van der Waals surface area (Å²) in [7, 11) is 1.96. The molecule has 5 nitrogen and oxygen atoms in total. The van der Waals surface area contributed by atoms with Gasteiger partial charge in [0.15, 0.2) is 0 Å². The fourth-order valence-electron chi connectivity index (χ4n) is 2.28. The van der Waals surface area contributed by atoms with E-state index in [9.17, 15) is 0 Å². The fourth-order valence-corrected chi connectivity index (χ4v) is 2.28. The number of aryl methyl sites for hydroxylation is 3. The van der Waals surface area contributed by atoms with Crippen LogP contribution in [0.3, 0.4) is 0 Å². The van der Waals surface area contributed by atoms with Crippen LogP contribution >= 0.6 is 0 Å². The number of rotatable bonds is 4. The van der Waals surface area contributed by atoms with Gasteiger partial charge in [0, 0.05) is 17.1 Å². The van der Waals surface area contributed by atoms with E-state index in [1.165, 1.54) is 5.56 Å². The summed E-state index contributed by atoms with van der Waals surface area (Å²) in [4.78, 5) is 8.95. The fraction of sp³-hybridized carbons (Fsp3) is 0.500. The Balaban J connectivity index is 2.45. The van der Waals surface area contributed by atoms with Crippen LogP contribution in [0.4, 0.5) is 0 Å². The molecule has 0 atom stereocenters. The van der Waals surface area contributed by atoms with Crippen LogP contribution in [0.1, 0.15) is 28.3 Å². The zero-order chi connectivity index (χ0) is 14.0. The Morgan fingerprint density at radius 1 is 1.11 bits per heavy atom. The van der Waals surface area contributed by atoms with Crippen LogP contribution in [0.15, 0.2) is 6.07 Å². The molecule has 2 rings (SSSR count). The molecule has 0 amide bonds. The van der Waals surface area contributed by atoms with Gasteiger partial charge in [-0.2, -0.15) is 5.10 Å². The molecular formula is C14H21N5. The van der Waals surface area contributed by atoms with Gasteiger partial charge in [-0.3, -0.25) is 0 Å². The van der Waals surface area contributed by atoms with Crippen molar-refractivity contribution in [2.45, 2.75) is 34.1 Å². The maximum atomic E-state index is 4.58. The summed E-state index contributed by atoms with van der Waals surface area (Å²) in [6, 6.07) is 1.97. The first-order valence-corrected chi connectivity index (χ1v) is 6.55. The SMILES string of the molecule is CNCCc1c(C)nn(-c2nc(C)cc(C)n2)c1C. The van der Waals surface area contributed by atoms with Gasteiger partial charge in [0.05, 0.1) is 5.69 Å². The lowest BCUT2D eigenvalue weighted by molar-refractivity contribution is 0.758. The molecule has 0 aliphatic carbocycles. The van der Waals surface area contributed by atoms with E-state index in [1.807, 2.05) is 38.6 Å². The first-order chi connectivity index (χ1) is 9.02. The predicted molar refractivity (Wildman–Crippen MR) is 75.7 cm³/mol. The van der Waals surface area contributed by atoms with Gasteiger partial charge in [-0.15, -0.1) is 0 Å². The third kappa shape index (κ3) is 2.81. The molecule has 0 radical (unpaired) electrons. The highest BCUT2D eigenvalue weighted by atomic mass is 15.4. The standard InChI is InChI=1S/C14H21N5/c1-9-8-10(2)17-14(16-9)19-12(4)13(6-7-15-5)11(3)18-19/h8,15H,6-7H2,1-5H3. The second-order valence-corrected chi connectivity index (χ2v) is 4.87. The van der Waals surface area contributed by atoms with Crippen molar-refractivity contribution < 1.29 is 0 Å². The van der Waals surface area contributed by atoms with Crippen molar-refractivity contribution in [2.24, 2.45) is 0 Å². The quantitative estimate of drug-likeness (QED) is 0.907. The molecule has 0 bridgehead atoms. The summed E-state index contributed by atoms with van der Waals surface area (Å²) in [5.41, 5.74) is 5.38. The largest absolute Gasteiger partial charge is 0.319 e. The summed E-state index contributed by atoms with van der Waals surface area (Å²) in [5, 5.41) is 7.75. The van der Waals surface area contributed by atoms with Crippen LogP contribution < -0.4 is 5.32 Å². The molecule has 2 heterocycles. The first kappa shape index (κ1) is 13.7. The summed E-state index contributed by atoms with van der Waals surface area (Å²) >= 11 is 0. The van der Waals surface area contributed by atoms with Gasteiger partial charge in [0.2, 0.25) is 0 Å². The van der Waals surface area contributed by atoms with E-state index in [0.717, 1.165) is 35.7 Å². The van der Waals surface area contributed by atoms with Gasteiger partial charge in [-0.25, -0.2) is 14.6 Å². The molecular weight excluding hydrogens is 238 g/mol. The Morgan fingerprint density at radius 3 is 2.32 bits per heavy atom. The van der Waals surface area contributed by atoms with Gasteiger partial charge < -0.3 is 5.32 Å². The molecule has 0 aliphatic rings. The van der Waals surface area contributed by atoms with Crippen molar-refractivity contribution in [1.29, 1.82) is 0 Å². The van der Waals surface area contributed by atoms with Gasteiger partial charge in [-0.05, 0) is 59.3 Å². The maximum absolute atomic E-state index is 4.58. The van der Waals surface area contributed by atoms with E-state index in [0.29, 0.717) is 5.95 Å². The second-order valence-electron chi connectivity index (χ2n) is 4.87. The molecule has 102 valence electrons. The molecule has 1 N–H and O–H groups in total. The Kier molecular flexibility index (Phi) is 3.95. The Morgan fingerprint density at radius 2 is 1.74 bits per heavy atom. The minimum atomic E-state index is 0.661. The summed E-state index contributed by atoms with van der Waals surface area (Å²) in [6.07, 6.45) is 0.971. The van der Waals surface area contributed by atoms with E-state index < -0.39 is 0 Å². The third-order valence-electron chi connectivity index (χ3n) is 3.23. The molecule has 0 fully saturated rings. The van der Waals surface area contributed by atoms with Gasteiger partial charge in [0.1, 0.15) is 0 Å². The van der Waals surface area contributed by atoms with Crippen molar-refractivity contribution >= 4 is 0 Å². The molecule has 0 saturated carbocycles. The van der Waals surface area contributed by atoms with Crippen molar-refractivity contribution in [3.63, 3.8) is 0 Å². The topological polar surface area (TPSA) is 55.6 Å². The van der Waals surface area contributed by atoms with Crippen molar-refractivity contribution in [3.05, 3.63) is 34.4 Å². The minimum absolute atomic E-state index is 0.661. The highest BCUT2D eigenvalue weighted by molar-refractivity contribution is 5.30. The second kappa shape index (κ2) is 5.48. The Labute approximate surface area is 114 Å². The lowest BCUT2D eigenvalue weighted by Gasteiger charge is -2.06. The van der Waals surface area contributed by atoms with Gasteiger partial charge in [0.25, 0.3) is 5.95 Å². The highest BCUT2D eigenvalue weighted by Gasteiger charge is 2.14. The molecule has 0 unspecified atom stereocenters. The van der Waals surface area contributed by atoms with Crippen LogP contribution in [0.5, 0.6) is 0 Å². The van der Waals surface area contributed by atoms with E-state index in [2.05, 4.69) is 27.3 Å². The van der Waals surface area contributed by atoms with Crippen LogP contribution in [0.2, 0.25) is 0 Å². The molecule has 0 aliphatic heterocycles. The van der Waals surface area contributed by atoms with Crippen molar-refractivity contribution in [1.82, 2.24) is 25.1 Å². The van der Waals surface area contributed by atoms with Crippen LogP contribution in [-0.4, -0.2) is 33.3 Å². The number of nitrogens with zero attached hydrogens (tertiary/aromatic N) is 4. The minimum Gasteiger partial charge on any atom is -0.319 e. The van der Waals surface area contributed by atoms with Gasteiger partial charge >= 0.3 is 0 Å². The van der Waals surface area contributed by atoms with Crippen LogP contribution in [0, 0.1) is 27.7 Å². The average molecular weight is 259 g/mol. The number of hydrogen-bond acceptors (Lipinski definition) is 4. The van der Waals surface area contributed by atoms with Crippen molar-refractivity contribution in [2.75, 3.05) is 13.6 Å². The predicted octanol–water partition coefficient (Wildman–Crippen LogP) is 1.66. The average Bonchev–Trinajstić information content (AvgIpc) is 2.61. The molecule has 0 aromatic carbocycles. The number of nitrogens with one attached hydrogen (secondary N) is 1. The normalized spacial score (nSPS) is 11.0. The van der Waals surface area contributed by atoms with Crippen LogP contribution in [0.25, 0.3) is 5.95 Å². The molecule has 19 heavy (non-hydrogen) atoms. The third-order valence-corrected chi connectivity index (χ3v) is 3.23. The molecule has 0 saturated heterocycles. The van der Waals surface area contributed by atoms with E-state index in [4.69, 9.17) is 0 Å². The first-order valence-electron chi connectivity index (χ1n) is 6.55. The summed E-state index contributed by atoms with van der Waals surface area (Å²) in [6.45, 7) is 9.02. The van der Waals surface area contributed by atoms with E-state index in [1.54, 1.807) is 0 Å². The number of hydrogen-bond donors (Lipinski definition) is 1. The highest BCUT2D eigenvalue weighted by Crippen LogP contribution is 2.16. The van der Waals surface area contributed by atoms with E-state index >= 15 is 0 Å². The molecule has 2 aromatic heterocycles. The Hall–Kier alpha value is -1.75. The smallest absolute Gasteiger partial charge is 0.251 e.